The van der Waals surface area contributed by atoms with Gasteiger partial charge in [0.2, 0.25) is 0 Å². The topological polar surface area (TPSA) is 72.9 Å². The Kier molecular flexibility index (Phi) is 5.07. The summed E-state index contributed by atoms with van der Waals surface area (Å²) in [7, 11) is 1.72. The van der Waals surface area contributed by atoms with Gasteiger partial charge in [0, 0.05) is 18.3 Å². The smallest absolute Gasteiger partial charge is 0.256 e. The van der Waals surface area contributed by atoms with Crippen LogP contribution in [-0.2, 0) is 7.05 Å². The third kappa shape index (κ3) is 2.98. The quantitative estimate of drug-likeness (QED) is 0.824. The molecule has 1 aromatic heterocycles. The average molecular weight is 270 g/mol. The maximum absolute atomic E-state index is 12.0. The highest BCUT2D eigenvalue weighted by Crippen LogP contribution is 2.29. The summed E-state index contributed by atoms with van der Waals surface area (Å²) in [5, 5.41) is 6.92. The highest BCUT2D eigenvalue weighted by Gasteiger charge is 2.26. The van der Waals surface area contributed by atoms with E-state index in [1.165, 1.54) is 10.9 Å². The first kappa shape index (κ1) is 14.9. The molecule has 0 spiro atoms. The van der Waals surface area contributed by atoms with Crippen LogP contribution in [0.25, 0.3) is 0 Å². The number of thioether (sulfide) groups is 1. The fourth-order valence-corrected chi connectivity index (χ4v) is 2.61. The van der Waals surface area contributed by atoms with Crippen LogP contribution in [0.5, 0.6) is 0 Å². The summed E-state index contributed by atoms with van der Waals surface area (Å²) in [6.07, 6.45) is 5.63. The van der Waals surface area contributed by atoms with Gasteiger partial charge in [0.1, 0.15) is 11.4 Å². The van der Waals surface area contributed by atoms with Gasteiger partial charge >= 0.3 is 0 Å². The van der Waals surface area contributed by atoms with Gasteiger partial charge in [-0.05, 0) is 19.1 Å². The number of hydrogen-bond acceptors (Lipinski definition) is 4. The molecule has 0 saturated carbocycles. The lowest BCUT2D eigenvalue weighted by Gasteiger charge is -2.29. The molecule has 102 valence electrons. The number of rotatable bonds is 6. The first-order valence-electron chi connectivity index (χ1n) is 6.10. The molecule has 1 rings (SSSR count). The molecule has 0 atom stereocenters. The van der Waals surface area contributed by atoms with Gasteiger partial charge in [-0.15, -0.1) is 0 Å². The lowest BCUT2D eigenvalue weighted by Crippen LogP contribution is -2.39. The summed E-state index contributed by atoms with van der Waals surface area (Å²) in [6.45, 7) is 4.93. The Bertz CT molecular complexity index is 404. The van der Waals surface area contributed by atoms with Crippen LogP contribution >= 0.6 is 11.8 Å². The fraction of sp³-hybridized carbons (Fsp3) is 0.667. The minimum absolute atomic E-state index is 0.104. The monoisotopic (exact) mass is 270 g/mol. The van der Waals surface area contributed by atoms with Crippen molar-refractivity contribution in [2.75, 3.05) is 18.5 Å². The van der Waals surface area contributed by atoms with Crippen molar-refractivity contribution in [1.82, 2.24) is 15.1 Å². The van der Waals surface area contributed by atoms with Crippen LogP contribution in [0.2, 0.25) is 0 Å². The summed E-state index contributed by atoms with van der Waals surface area (Å²) in [5.74, 6) is 0.246. The minimum Gasteiger partial charge on any atom is -0.383 e. The van der Waals surface area contributed by atoms with Gasteiger partial charge in [0.25, 0.3) is 5.91 Å². The zero-order valence-corrected chi connectivity index (χ0v) is 12.3. The van der Waals surface area contributed by atoms with Crippen molar-refractivity contribution in [3.63, 3.8) is 0 Å². The molecule has 0 radical (unpaired) electrons. The number of aromatic nitrogens is 2. The van der Waals surface area contributed by atoms with Gasteiger partial charge in [-0.1, -0.05) is 13.8 Å². The van der Waals surface area contributed by atoms with E-state index in [0.29, 0.717) is 17.9 Å². The largest absolute Gasteiger partial charge is 0.383 e. The molecule has 0 unspecified atom stereocenters. The predicted molar refractivity (Wildman–Crippen MR) is 76.8 cm³/mol. The second-order valence-corrected chi connectivity index (χ2v) is 5.62. The van der Waals surface area contributed by atoms with Gasteiger partial charge in [0.15, 0.2) is 0 Å². The zero-order chi connectivity index (χ0) is 13.8. The van der Waals surface area contributed by atoms with Crippen molar-refractivity contribution in [2.45, 2.75) is 31.4 Å². The minimum atomic E-state index is -0.152. The molecule has 0 fully saturated rings. The lowest BCUT2D eigenvalue weighted by molar-refractivity contribution is 0.0950. The number of anilines is 1. The summed E-state index contributed by atoms with van der Waals surface area (Å²) in [6, 6.07) is 0. The third-order valence-corrected chi connectivity index (χ3v) is 5.11. The van der Waals surface area contributed by atoms with Gasteiger partial charge in [-0.25, -0.2) is 0 Å². The molecule has 6 heteroatoms. The number of nitrogens with one attached hydrogen (secondary N) is 1. The van der Waals surface area contributed by atoms with E-state index in [-0.39, 0.29) is 10.7 Å². The second-order valence-electron chi connectivity index (χ2n) is 4.34. The van der Waals surface area contributed by atoms with Gasteiger partial charge in [0.05, 0.1) is 6.20 Å². The third-order valence-electron chi connectivity index (χ3n) is 3.52. The number of nitrogen functional groups attached to an aromatic ring is 1. The van der Waals surface area contributed by atoms with Crippen molar-refractivity contribution in [2.24, 2.45) is 7.05 Å². The Morgan fingerprint density at radius 2 is 2.17 bits per heavy atom. The number of amides is 1. The van der Waals surface area contributed by atoms with Crippen molar-refractivity contribution >= 4 is 23.5 Å². The Hall–Kier alpha value is -1.17. The van der Waals surface area contributed by atoms with Crippen molar-refractivity contribution in [3.8, 4) is 0 Å². The number of nitrogens with two attached hydrogens (primary N) is 1. The van der Waals surface area contributed by atoms with Crippen LogP contribution < -0.4 is 11.1 Å². The van der Waals surface area contributed by atoms with E-state index in [4.69, 9.17) is 5.73 Å². The summed E-state index contributed by atoms with van der Waals surface area (Å²) in [4.78, 5) is 12.0. The molecular weight excluding hydrogens is 248 g/mol. The van der Waals surface area contributed by atoms with Crippen molar-refractivity contribution in [3.05, 3.63) is 11.8 Å². The molecule has 0 saturated heterocycles. The van der Waals surface area contributed by atoms with Gasteiger partial charge < -0.3 is 11.1 Å². The molecule has 1 aromatic rings. The number of aryl methyl sites for hydroxylation is 1. The van der Waals surface area contributed by atoms with Crippen LogP contribution in [0, 0.1) is 0 Å². The summed E-state index contributed by atoms with van der Waals surface area (Å²) in [5.41, 5.74) is 6.22. The van der Waals surface area contributed by atoms with E-state index < -0.39 is 0 Å². The molecule has 1 heterocycles. The summed E-state index contributed by atoms with van der Waals surface area (Å²) >= 11 is 1.80. The molecule has 18 heavy (non-hydrogen) atoms. The molecule has 0 aliphatic carbocycles. The van der Waals surface area contributed by atoms with E-state index in [9.17, 15) is 4.79 Å². The Labute approximate surface area is 112 Å². The molecule has 5 nitrogen and oxygen atoms in total. The van der Waals surface area contributed by atoms with Gasteiger partial charge in [-0.3, -0.25) is 9.48 Å². The predicted octanol–water partition coefficient (Wildman–Crippen LogP) is 1.65. The van der Waals surface area contributed by atoms with E-state index in [2.05, 4.69) is 30.5 Å². The number of hydrogen-bond donors (Lipinski definition) is 2. The van der Waals surface area contributed by atoms with E-state index in [0.717, 1.165) is 12.8 Å². The highest BCUT2D eigenvalue weighted by atomic mass is 32.2. The van der Waals surface area contributed by atoms with Crippen LogP contribution in [0.3, 0.4) is 0 Å². The van der Waals surface area contributed by atoms with Crippen LogP contribution in [0.1, 0.15) is 37.0 Å². The van der Waals surface area contributed by atoms with Crippen LogP contribution in [0.15, 0.2) is 6.20 Å². The molecule has 0 aliphatic heterocycles. The van der Waals surface area contributed by atoms with Crippen molar-refractivity contribution in [1.29, 1.82) is 0 Å². The standard InChI is InChI=1S/C12H22N4OS/c1-5-12(6-2,18-4)8-14-11(17)9-7-15-16(3)10(9)13/h7H,5-6,8,13H2,1-4H3,(H,14,17). The first-order chi connectivity index (χ1) is 8.49. The molecule has 3 N–H and O–H groups in total. The fourth-order valence-electron chi connectivity index (χ4n) is 1.82. The zero-order valence-electron chi connectivity index (χ0n) is 11.5. The first-order valence-corrected chi connectivity index (χ1v) is 7.33. The molecule has 0 bridgehead atoms. The number of carbonyl (C=O) groups is 1. The number of carbonyl (C=O) groups excluding carboxylic acids is 1. The van der Waals surface area contributed by atoms with Gasteiger partial charge in [-0.2, -0.15) is 16.9 Å². The Morgan fingerprint density at radius 1 is 1.56 bits per heavy atom. The van der Waals surface area contributed by atoms with Crippen LogP contribution in [-0.4, -0.2) is 33.2 Å². The lowest BCUT2D eigenvalue weighted by atomic mass is 10.0. The summed E-state index contributed by atoms with van der Waals surface area (Å²) < 4.78 is 1.60. The molecule has 0 aliphatic rings. The van der Waals surface area contributed by atoms with E-state index >= 15 is 0 Å². The molecular formula is C12H22N4OS. The Balaban J connectivity index is 2.69. The molecule has 1 amide bonds. The second kappa shape index (κ2) is 6.13. The highest BCUT2D eigenvalue weighted by molar-refractivity contribution is 8.00. The maximum Gasteiger partial charge on any atom is 0.256 e. The SMILES string of the molecule is CCC(CC)(CNC(=O)c1cnn(C)c1N)SC. The Morgan fingerprint density at radius 3 is 2.56 bits per heavy atom. The normalized spacial score (nSPS) is 11.6. The number of nitrogens with zero attached hydrogens (tertiary/aromatic N) is 2. The van der Waals surface area contributed by atoms with E-state index in [1.807, 2.05) is 0 Å². The average Bonchev–Trinajstić information content (AvgIpc) is 2.72. The van der Waals surface area contributed by atoms with Crippen molar-refractivity contribution < 1.29 is 4.79 Å². The van der Waals surface area contributed by atoms with E-state index in [1.54, 1.807) is 18.8 Å². The van der Waals surface area contributed by atoms with Crippen LogP contribution in [0.4, 0.5) is 5.82 Å². The maximum atomic E-state index is 12.0. The molecule has 0 aromatic carbocycles.